The topological polar surface area (TPSA) is 104 Å². The number of carboxylic acids is 2. The first-order valence-electron chi connectivity index (χ1n) is 12.2. The van der Waals surface area contributed by atoms with E-state index < -0.39 is 23.6 Å². The van der Waals surface area contributed by atoms with Gasteiger partial charge in [-0.05, 0) is 37.6 Å². The molecule has 0 spiro atoms. The Labute approximate surface area is 192 Å². The SMILES string of the molecule is CCCCCCCCCCCCCCC(C)Nc1ccc(C(=O)C(C(=O)O)C(=O)O)cc1. The molecule has 180 valence electrons. The number of hydrogen-bond donors (Lipinski definition) is 3. The zero-order valence-electron chi connectivity index (χ0n) is 19.8. The van der Waals surface area contributed by atoms with Gasteiger partial charge in [0.15, 0.2) is 5.78 Å². The summed E-state index contributed by atoms with van der Waals surface area (Å²) in [5.41, 5.74) is 0.911. The van der Waals surface area contributed by atoms with Gasteiger partial charge in [0, 0.05) is 17.3 Å². The lowest BCUT2D eigenvalue weighted by molar-refractivity contribution is -0.151. The van der Waals surface area contributed by atoms with E-state index >= 15 is 0 Å². The normalized spacial score (nSPS) is 12.0. The van der Waals surface area contributed by atoms with Crippen molar-refractivity contribution in [2.45, 2.75) is 103 Å². The molecule has 0 saturated carbocycles. The van der Waals surface area contributed by atoms with Gasteiger partial charge in [0.05, 0.1) is 0 Å². The number of hydrogen-bond acceptors (Lipinski definition) is 4. The highest BCUT2D eigenvalue weighted by Gasteiger charge is 2.34. The molecule has 0 heterocycles. The molecule has 0 bridgehead atoms. The van der Waals surface area contributed by atoms with Crippen LogP contribution in [0.5, 0.6) is 0 Å². The maximum atomic E-state index is 12.1. The Morgan fingerprint density at radius 3 is 1.62 bits per heavy atom. The minimum Gasteiger partial charge on any atom is -0.480 e. The number of ketones is 1. The molecule has 0 aliphatic rings. The molecule has 0 radical (unpaired) electrons. The van der Waals surface area contributed by atoms with E-state index in [-0.39, 0.29) is 11.6 Å². The van der Waals surface area contributed by atoms with Gasteiger partial charge in [0.1, 0.15) is 0 Å². The van der Waals surface area contributed by atoms with E-state index in [9.17, 15) is 14.4 Å². The molecular formula is C26H41NO5. The Morgan fingerprint density at radius 1 is 0.750 bits per heavy atom. The van der Waals surface area contributed by atoms with Crippen LogP contribution in [0.25, 0.3) is 0 Å². The zero-order valence-corrected chi connectivity index (χ0v) is 19.8. The lowest BCUT2D eigenvalue weighted by Crippen LogP contribution is -2.31. The minimum atomic E-state index is -2.07. The summed E-state index contributed by atoms with van der Waals surface area (Å²) < 4.78 is 0. The number of anilines is 1. The van der Waals surface area contributed by atoms with Crippen LogP contribution in [0.4, 0.5) is 5.69 Å². The molecule has 1 rings (SSSR count). The fraction of sp³-hybridized carbons (Fsp3) is 0.654. The van der Waals surface area contributed by atoms with Gasteiger partial charge in [-0.25, -0.2) is 0 Å². The van der Waals surface area contributed by atoms with E-state index in [0.717, 1.165) is 12.1 Å². The summed E-state index contributed by atoms with van der Waals surface area (Å²) in [6.07, 6.45) is 17.0. The van der Waals surface area contributed by atoms with E-state index in [2.05, 4.69) is 19.2 Å². The first-order chi connectivity index (χ1) is 15.4. The number of aliphatic carboxylic acids is 2. The Kier molecular flexibility index (Phi) is 14.1. The summed E-state index contributed by atoms with van der Waals surface area (Å²) in [4.78, 5) is 34.1. The van der Waals surface area contributed by atoms with E-state index in [0.29, 0.717) is 0 Å². The van der Waals surface area contributed by atoms with Gasteiger partial charge < -0.3 is 15.5 Å². The average molecular weight is 448 g/mol. The third-order valence-electron chi connectivity index (χ3n) is 5.83. The second kappa shape index (κ2) is 16.3. The smallest absolute Gasteiger partial charge is 0.325 e. The van der Waals surface area contributed by atoms with E-state index in [1.807, 2.05) is 0 Å². The van der Waals surface area contributed by atoms with Crippen molar-refractivity contribution >= 4 is 23.4 Å². The van der Waals surface area contributed by atoms with Crippen LogP contribution < -0.4 is 5.32 Å². The van der Waals surface area contributed by atoms with Gasteiger partial charge in [-0.3, -0.25) is 14.4 Å². The number of unbranched alkanes of at least 4 members (excludes halogenated alkanes) is 11. The molecule has 0 aromatic heterocycles. The predicted molar refractivity (Wildman–Crippen MR) is 128 cm³/mol. The Hall–Kier alpha value is -2.37. The van der Waals surface area contributed by atoms with Gasteiger partial charge in [-0.15, -0.1) is 0 Å². The molecule has 6 heteroatoms. The van der Waals surface area contributed by atoms with Crippen LogP contribution in [-0.2, 0) is 9.59 Å². The van der Waals surface area contributed by atoms with Crippen molar-refractivity contribution in [2.75, 3.05) is 5.32 Å². The van der Waals surface area contributed by atoms with E-state index in [1.165, 1.54) is 89.2 Å². The van der Waals surface area contributed by atoms with Crippen molar-refractivity contribution in [1.82, 2.24) is 0 Å². The van der Waals surface area contributed by atoms with E-state index in [4.69, 9.17) is 10.2 Å². The molecule has 0 aliphatic carbocycles. The summed E-state index contributed by atoms with van der Waals surface area (Å²) >= 11 is 0. The van der Waals surface area contributed by atoms with Crippen LogP contribution in [0, 0.1) is 5.92 Å². The van der Waals surface area contributed by atoms with Crippen LogP contribution >= 0.6 is 0 Å². The summed E-state index contributed by atoms with van der Waals surface area (Å²) in [7, 11) is 0. The van der Waals surface area contributed by atoms with Gasteiger partial charge in [0.25, 0.3) is 0 Å². The van der Waals surface area contributed by atoms with Crippen LogP contribution in [0.2, 0.25) is 0 Å². The van der Waals surface area contributed by atoms with Crippen molar-refractivity contribution in [3.63, 3.8) is 0 Å². The molecule has 32 heavy (non-hydrogen) atoms. The molecule has 0 aliphatic heterocycles. The summed E-state index contributed by atoms with van der Waals surface area (Å²) in [5.74, 6) is -6.29. The fourth-order valence-electron chi connectivity index (χ4n) is 3.88. The summed E-state index contributed by atoms with van der Waals surface area (Å²) in [5, 5.41) is 21.3. The molecule has 0 saturated heterocycles. The summed E-state index contributed by atoms with van der Waals surface area (Å²) in [6.45, 7) is 4.37. The largest absolute Gasteiger partial charge is 0.480 e. The van der Waals surface area contributed by atoms with Crippen LogP contribution in [0.1, 0.15) is 108 Å². The third kappa shape index (κ3) is 11.3. The van der Waals surface area contributed by atoms with Crippen LogP contribution in [-0.4, -0.2) is 34.0 Å². The maximum absolute atomic E-state index is 12.1. The monoisotopic (exact) mass is 447 g/mol. The molecule has 1 unspecified atom stereocenters. The number of carboxylic acid groups (broad SMARTS) is 2. The van der Waals surface area contributed by atoms with Crippen LogP contribution in [0.15, 0.2) is 24.3 Å². The number of Topliss-reactive ketones (excluding diaryl/α,β-unsaturated/α-hetero) is 1. The minimum absolute atomic E-state index is 0.0824. The lowest BCUT2D eigenvalue weighted by Gasteiger charge is -2.15. The van der Waals surface area contributed by atoms with Gasteiger partial charge in [-0.2, -0.15) is 0 Å². The first-order valence-corrected chi connectivity index (χ1v) is 12.2. The highest BCUT2D eigenvalue weighted by atomic mass is 16.4. The predicted octanol–water partition coefficient (Wildman–Crippen LogP) is 6.55. The number of benzene rings is 1. The van der Waals surface area contributed by atoms with Crippen molar-refractivity contribution < 1.29 is 24.6 Å². The maximum Gasteiger partial charge on any atom is 0.325 e. The number of carbonyl (C=O) groups is 3. The molecular weight excluding hydrogens is 406 g/mol. The third-order valence-corrected chi connectivity index (χ3v) is 5.83. The standard InChI is InChI=1S/C26H41NO5/c1-3-4-5-6-7-8-9-10-11-12-13-14-15-20(2)27-22-18-16-21(17-19-22)24(28)23(25(29)30)26(31)32/h16-20,23,27H,3-15H2,1-2H3,(H,29,30)(H,31,32). The van der Waals surface area contributed by atoms with Gasteiger partial charge in [0.2, 0.25) is 5.92 Å². The molecule has 6 nitrogen and oxygen atoms in total. The van der Waals surface area contributed by atoms with Crippen molar-refractivity contribution in [3.05, 3.63) is 29.8 Å². The van der Waals surface area contributed by atoms with E-state index in [1.54, 1.807) is 12.1 Å². The zero-order chi connectivity index (χ0) is 23.8. The second-order valence-electron chi connectivity index (χ2n) is 8.77. The molecule has 0 fully saturated rings. The van der Waals surface area contributed by atoms with Crippen LogP contribution in [0.3, 0.4) is 0 Å². The Balaban J connectivity index is 2.19. The van der Waals surface area contributed by atoms with Crippen molar-refractivity contribution in [2.24, 2.45) is 5.92 Å². The number of carbonyl (C=O) groups excluding carboxylic acids is 1. The number of rotatable bonds is 19. The quantitative estimate of drug-likeness (QED) is 0.126. The highest BCUT2D eigenvalue weighted by molar-refractivity contribution is 6.20. The van der Waals surface area contributed by atoms with Gasteiger partial charge >= 0.3 is 11.9 Å². The highest BCUT2D eigenvalue weighted by Crippen LogP contribution is 2.17. The molecule has 1 aromatic rings. The molecule has 3 N–H and O–H groups in total. The van der Waals surface area contributed by atoms with Crippen molar-refractivity contribution in [3.8, 4) is 0 Å². The number of nitrogens with one attached hydrogen (secondary N) is 1. The average Bonchev–Trinajstić information content (AvgIpc) is 2.74. The van der Waals surface area contributed by atoms with Gasteiger partial charge in [-0.1, -0.05) is 84.0 Å². The lowest BCUT2D eigenvalue weighted by atomic mass is 9.97. The Morgan fingerprint density at radius 2 is 1.19 bits per heavy atom. The molecule has 1 aromatic carbocycles. The Bertz CT molecular complexity index is 672. The summed E-state index contributed by atoms with van der Waals surface area (Å²) in [6, 6.07) is 6.60. The fourth-order valence-corrected chi connectivity index (χ4v) is 3.88. The molecule has 0 amide bonds. The van der Waals surface area contributed by atoms with Crippen molar-refractivity contribution in [1.29, 1.82) is 0 Å². The first kappa shape index (κ1) is 27.7. The second-order valence-corrected chi connectivity index (χ2v) is 8.77. The molecule has 1 atom stereocenters.